The number of nitrogens with two attached hydrogens (primary N) is 1. The number of anilines is 1. The Labute approximate surface area is 115 Å². The molecule has 1 saturated heterocycles. The molecular formula is C13H16ClF3N2. The van der Waals surface area contributed by atoms with Crippen LogP contribution in [-0.2, 0) is 0 Å². The van der Waals surface area contributed by atoms with Crippen molar-refractivity contribution in [3.05, 3.63) is 29.3 Å². The van der Waals surface area contributed by atoms with Gasteiger partial charge in [0.25, 0.3) is 0 Å². The van der Waals surface area contributed by atoms with Gasteiger partial charge in [-0.05, 0) is 36.6 Å². The Kier molecular flexibility index (Phi) is 4.26. The molecule has 0 aromatic heterocycles. The summed E-state index contributed by atoms with van der Waals surface area (Å²) >= 11 is 5.80. The highest BCUT2D eigenvalue weighted by Gasteiger charge is 2.35. The molecule has 2 unspecified atom stereocenters. The summed E-state index contributed by atoms with van der Waals surface area (Å²) in [6.45, 7) is 0.963. The molecular weight excluding hydrogens is 277 g/mol. The molecule has 1 fully saturated rings. The summed E-state index contributed by atoms with van der Waals surface area (Å²) < 4.78 is 37.4. The molecule has 0 amide bonds. The number of halogens is 4. The van der Waals surface area contributed by atoms with Gasteiger partial charge in [0.15, 0.2) is 0 Å². The topological polar surface area (TPSA) is 29.3 Å². The van der Waals surface area contributed by atoms with E-state index >= 15 is 0 Å². The molecule has 2 N–H and O–H groups in total. The van der Waals surface area contributed by atoms with E-state index in [1.807, 2.05) is 17.0 Å². The first-order valence-corrected chi connectivity index (χ1v) is 6.54. The fourth-order valence-corrected chi connectivity index (χ4v) is 2.71. The summed E-state index contributed by atoms with van der Waals surface area (Å²) in [6, 6.07) is 6.86. The van der Waals surface area contributed by atoms with Gasteiger partial charge in [-0.15, -0.1) is 0 Å². The number of benzene rings is 1. The minimum Gasteiger partial charge on any atom is -0.370 e. The third kappa shape index (κ3) is 4.28. The molecule has 1 aromatic rings. The fourth-order valence-electron chi connectivity index (χ4n) is 2.58. The van der Waals surface area contributed by atoms with Crippen molar-refractivity contribution in [3.63, 3.8) is 0 Å². The maximum Gasteiger partial charge on any atom is 0.389 e. The maximum atomic E-state index is 12.5. The Hall–Kier alpha value is -0.940. The molecule has 2 rings (SSSR count). The molecule has 1 heterocycles. The van der Waals surface area contributed by atoms with Crippen LogP contribution in [0, 0.1) is 5.92 Å². The smallest absolute Gasteiger partial charge is 0.370 e. The molecule has 2 nitrogen and oxygen atoms in total. The molecule has 1 aromatic carbocycles. The van der Waals surface area contributed by atoms with Gasteiger partial charge in [0, 0.05) is 36.3 Å². The van der Waals surface area contributed by atoms with Crippen LogP contribution in [0.4, 0.5) is 18.9 Å². The lowest BCUT2D eigenvalue weighted by molar-refractivity contribution is -0.145. The van der Waals surface area contributed by atoms with Gasteiger partial charge < -0.3 is 10.6 Å². The van der Waals surface area contributed by atoms with E-state index in [2.05, 4.69) is 0 Å². The van der Waals surface area contributed by atoms with E-state index in [1.54, 1.807) is 12.1 Å². The van der Waals surface area contributed by atoms with Gasteiger partial charge in [-0.3, -0.25) is 0 Å². The minimum absolute atomic E-state index is 0.225. The first-order valence-electron chi connectivity index (χ1n) is 6.16. The summed E-state index contributed by atoms with van der Waals surface area (Å²) in [4.78, 5) is 1.90. The lowest BCUT2D eigenvalue weighted by atomic mass is 9.91. The molecule has 0 spiro atoms. The lowest BCUT2D eigenvalue weighted by Gasteiger charge is -2.38. The minimum atomic E-state index is -4.13. The number of nitrogens with zero attached hydrogens (tertiary/aromatic N) is 1. The monoisotopic (exact) mass is 292 g/mol. The molecule has 1 aliphatic heterocycles. The third-order valence-electron chi connectivity index (χ3n) is 3.28. The zero-order valence-electron chi connectivity index (χ0n) is 10.3. The van der Waals surface area contributed by atoms with E-state index in [9.17, 15) is 13.2 Å². The molecule has 19 heavy (non-hydrogen) atoms. The fraction of sp³-hybridized carbons (Fsp3) is 0.538. The second-order valence-corrected chi connectivity index (χ2v) is 5.50. The molecule has 106 valence electrons. The summed E-state index contributed by atoms with van der Waals surface area (Å²) in [7, 11) is 0. The first-order chi connectivity index (χ1) is 8.83. The molecule has 0 aliphatic carbocycles. The van der Waals surface area contributed by atoms with Gasteiger partial charge >= 0.3 is 6.18 Å². The van der Waals surface area contributed by atoms with E-state index in [4.69, 9.17) is 17.3 Å². The van der Waals surface area contributed by atoms with Crippen LogP contribution in [-0.4, -0.2) is 25.3 Å². The number of rotatable bonds is 2. The molecule has 1 aliphatic rings. The summed E-state index contributed by atoms with van der Waals surface area (Å²) in [5.41, 5.74) is 6.73. The molecule has 0 radical (unpaired) electrons. The van der Waals surface area contributed by atoms with E-state index in [1.165, 1.54) is 0 Å². The van der Waals surface area contributed by atoms with Crippen LogP contribution in [0.1, 0.15) is 12.8 Å². The van der Waals surface area contributed by atoms with Crippen molar-refractivity contribution in [1.29, 1.82) is 0 Å². The number of hydrogen-bond donors (Lipinski definition) is 1. The van der Waals surface area contributed by atoms with Crippen molar-refractivity contribution >= 4 is 17.3 Å². The van der Waals surface area contributed by atoms with Crippen LogP contribution in [0.25, 0.3) is 0 Å². The normalized spacial score (nSPS) is 24.6. The second-order valence-electron chi connectivity index (χ2n) is 5.06. The standard InChI is InChI=1S/C13H16ClF3N2/c14-10-1-3-12(4-2-10)19-7-9(5-11(18)8-19)6-13(15,16)17/h1-4,9,11H,5-8,18H2. The van der Waals surface area contributed by atoms with Crippen LogP contribution in [0.5, 0.6) is 0 Å². The number of alkyl halides is 3. The van der Waals surface area contributed by atoms with Crippen LogP contribution >= 0.6 is 11.6 Å². The third-order valence-corrected chi connectivity index (χ3v) is 3.53. The highest BCUT2D eigenvalue weighted by Crippen LogP contribution is 2.31. The van der Waals surface area contributed by atoms with Gasteiger partial charge in [0.05, 0.1) is 0 Å². The van der Waals surface area contributed by atoms with Crippen LogP contribution in [0.3, 0.4) is 0 Å². The Balaban J connectivity index is 2.07. The van der Waals surface area contributed by atoms with E-state index < -0.39 is 18.5 Å². The summed E-state index contributed by atoms with van der Waals surface area (Å²) in [5.74, 6) is -0.445. The van der Waals surface area contributed by atoms with E-state index in [0.29, 0.717) is 24.5 Å². The predicted octanol–water partition coefficient (Wildman–Crippen LogP) is 3.45. The highest BCUT2D eigenvalue weighted by atomic mass is 35.5. The van der Waals surface area contributed by atoms with Crippen molar-refractivity contribution in [2.45, 2.75) is 25.1 Å². The van der Waals surface area contributed by atoms with Crippen molar-refractivity contribution in [2.24, 2.45) is 11.7 Å². The van der Waals surface area contributed by atoms with E-state index in [-0.39, 0.29) is 6.04 Å². The van der Waals surface area contributed by atoms with Crippen molar-refractivity contribution in [2.75, 3.05) is 18.0 Å². The summed E-state index contributed by atoms with van der Waals surface area (Å²) in [5, 5.41) is 0.608. The Morgan fingerprint density at radius 1 is 1.21 bits per heavy atom. The predicted molar refractivity (Wildman–Crippen MR) is 70.4 cm³/mol. The maximum absolute atomic E-state index is 12.5. The Morgan fingerprint density at radius 3 is 2.42 bits per heavy atom. The van der Waals surface area contributed by atoms with Crippen molar-refractivity contribution in [3.8, 4) is 0 Å². The number of hydrogen-bond acceptors (Lipinski definition) is 2. The molecule has 0 saturated carbocycles. The van der Waals surface area contributed by atoms with Crippen LogP contribution in [0.15, 0.2) is 24.3 Å². The summed E-state index contributed by atoms with van der Waals surface area (Å²) in [6.07, 6.45) is -4.48. The quantitative estimate of drug-likeness (QED) is 0.905. The van der Waals surface area contributed by atoms with Crippen LogP contribution < -0.4 is 10.6 Å². The Bertz CT molecular complexity index is 419. The van der Waals surface area contributed by atoms with Crippen LogP contribution in [0.2, 0.25) is 5.02 Å². The molecule has 2 atom stereocenters. The zero-order valence-corrected chi connectivity index (χ0v) is 11.1. The first kappa shape index (κ1) is 14.5. The second kappa shape index (κ2) is 5.59. The zero-order chi connectivity index (χ0) is 14.0. The van der Waals surface area contributed by atoms with Crippen molar-refractivity contribution < 1.29 is 13.2 Å². The van der Waals surface area contributed by atoms with Gasteiger partial charge in [0.2, 0.25) is 0 Å². The average molecular weight is 293 g/mol. The Morgan fingerprint density at radius 2 is 1.84 bits per heavy atom. The van der Waals surface area contributed by atoms with Crippen molar-refractivity contribution in [1.82, 2.24) is 0 Å². The lowest BCUT2D eigenvalue weighted by Crippen LogP contribution is -2.48. The molecule has 0 bridgehead atoms. The SMILES string of the molecule is NC1CC(CC(F)(F)F)CN(c2ccc(Cl)cc2)C1. The van der Waals surface area contributed by atoms with Gasteiger partial charge in [-0.2, -0.15) is 13.2 Å². The van der Waals surface area contributed by atoms with Gasteiger partial charge in [-0.1, -0.05) is 11.6 Å². The molecule has 6 heteroatoms. The largest absolute Gasteiger partial charge is 0.389 e. The average Bonchev–Trinajstić information content (AvgIpc) is 2.26. The number of piperidine rings is 1. The van der Waals surface area contributed by atoms with Gasteiger partial charge in [0.1, 0.15) is 0 Å². The van der Waals surface area contributed by atoms with E-state index in [0.717, 1.165) is 5.69 Å². The van der Waals surface area contributed by atoms with Gasteiger partial charge in [-0.25, -0.2) is 0 Å². The highest BCUT2D eigenvalue weighted by molar-refractivity contribution is 6.30.